The lowest BCUT2D eigenvalue weighted by Gasteiger charge is -2.15. The number of ether oxygens (including phenoxy) is 1. The van der Waals surface area contributed by atoms with Crippen LogP contribution in [-0.2, 0) is 6.54 Å². The Balaban J connectivity index is 1.62. The zero-order chi connectivity index (χ0) is 22.0. The fourth-order valence-corrected chi connectivity index (χ4v) is 3.88. The second kappa shape index (κ2) is 8.94. The van der Waals surface area contributed by atoms with Crippen LogP contribution in [0, 0.1) is 20.8 Å². The molecular formula is C26H25ClN2O2. The average Bonchev–Trinajstić information content (AvgIpc) is 2.76. The summed E-state index contributed by atoms with van der Waals surface area (Å²) in [4.78, 5) is 18.0. The third kappa shape index (κ3) is 4.49. The monoisotopic (exact) mass is 432 g/mol. The molecule has 31 heavy (non-hydrogen) atoms. The van der Waals surface area contributed by atoms with Crippen molar-refractivity contribution in [2.45, 2.75) is 33.7 Å². The molecule has 3 aromatic carbocycles. The van der Waals surface area contributed by atoms with Gasteiger partial charge in [-0.2, -0.15) is 0 Å². The number of halogens is 1. The van der Waals surface area contributed by atoms with E-state index in [9.17, 15) is 4.79 Å². The number of aromatic nitrogens is 2. The predicted molar refractivity (Wildman–Crippen MR) is 127 cm³/mol. The van der Waals surface area contributed by atoms with E-state index in [4.69, 9.17) is 21.3 Å². The number of para-hydroxylation sites is 1. The summed E-state index contributed by atoms with van der Waals surface area (Å²) in [7, 11) is 0. The van der Waals surface area contributed by atoms with Crippen LogP contribution in [0.25, 0.3) is 22.3 Å². The second-order valence-electron chi connectivity index (χ2n) is 7.82. The minimum Gasteiger partial charge on any atom is -0.493 e. The third-order valence-corrected chi connectivity index (χ3v) is 5.76. The SMILES string of the molecule is Cc1cc(C)c(C)c(OCCCn2c(-c3ccc(Cl)cc3)nc3ccccc3c2=O)c1. The average molecular weight is 433 g/mol. The zero-order valence-corrected chi connectivity index (χ0v) is 18.7. The smallest absolute Gasteiger partial charge is 0.261 e. The van der Waals surface area contributed by atoms with E-state index in [1.54, 1.807) is 4.57 Å². The number of nitrogens with zero attached hydrogens (tertiary/aromatic N) is 2. The normalized spacial score (nSPS) is 11.1. The first kappa shape index (κ1) is 21.1. The molecule has 0 fully saturated rings. The van der Waals surface area contributed by atoms with Gasteiger partial charge >= 0.3 is 0 Å². The largest absolute Gasteiger partial charge is 0.493 e. The highest BCUT2D eigenvalue weighted by molar-refractivity contribution is 6.30. The van der Waals surface area contributed by atoms with Gasteiger partial charge in [0.05, 0.1) is 17.5 Å². The summed E-state index contributed by atoms with van der Waals surface area (Å²) in [5, 5.41) is 1.27. The van der Waals surface area contributed by atoms with Crippen LogP contribution >= 0.6 is 11.6 Å². The molecule has 0 N–H and O–H groups in total. The van der Waals surface area contributed by atoms with E-state index < -0.39 is 0 Å². The number of rotatable bonds is 6. The van der Waals surface area contributed by atoms with Gasteiger partial charge < -0.3 is 4.74 Å². The maximum Gasteiger partial charge on any atom is 0.261 e. The van der Waals surface area contributed by atoms with Crippen LogP contribution in [0.5, 0.6) is 5.75 Å². The summed E-state index contributed by atoms with van der Waals surface area (Å²) < 4.78 is 7.79. The van der Waals surface area contributed by atoms with Crippen LogP contribution in [0.1, 0.15) is 23.1 Å². The van der Waals surface area contributed by atoms with Crippen molar-refractivity contribution in [3.05, 3.63) is 92.7 Å². The first-order chi connectivity index (χ1) is 14.9. The Morgan fingerprint density at radius 1 is 1.00 bits per heavy atom. The van der Waals surface area contributed by atoms with Crippen molar-refractivity contribution in [2.75, 3.05) is 6.61 Å². The fourth-order valence-electron chi connectivity index (χ4n) is 3.75. The van der Waals surface area contributed by atoms with Crippen LogP contribution in [0.3, 0.4) is 0 Å². The predicted octanol–water partition coefficient (Wildman–Crippen LogP) is 6.11. The highest BCUT2D eigenvalue weighted by Gasteiger charge is 2.13. The lowest BCUT2D eigenvalue weighted by atomic mass is 10.1. The molecule has 0 unspecified atom stereocenters. The standard InChI is InChI=1S/C26H25ClN2O2/c1-17-15-18(2)19(3)24(16-17)31-14-6-13-29-25(20-9-11-21(27)12-10-20)28-23-8-5-4-7-22(23)26(29)30/h4-5,7-12,15-16H,6,13-14H2,1-3H3. The van der Waals surface area contributed by atoms with Gasteiger partial charge in [0.1, 0.15) is 11.6 Å². The molecule has 5 heteroatoms. The maximum absolute atomic E-state index is 13.3. The number of fused-ring (bicyclic) bond motifs is 1. The number of hydrogen-bond donors (Lipinski definition) is 0. The lowest BCUT2D eigenvalue weighted by molar-refractivity contribution is 0.299. The Labute approximate surface area is 187 Å². The molecule has 0 bridgehead atoms. The molecule has 158 valence electrons. The Morgan fingerprint density at radius 3 is 2.52 bits per heavy atom. The van der Waals surface area contributed by atoms with Gasteiger partial charge in [-0.3, -0.25) is 9.36 Å². The van der Waals surface area contributed by atoms with Crippen molar-refractivity contribution in [1.29, 1.82) is 0 Å². The molecule has 0 radical (unpaired) electrons. The molecule has 0 saturated carbocycles. The van der Waals surface area contributed by atoms with E-state index in [1.807, 2.05) is 48.5 Å². The Morgan fingerprint density at radius 2 is 1.74 bits per heavy atom. The van der Waals surface area contributed by atoms with Crippen LogP contribution in [0.15, 0.2) is 65.5 Å². The summed E-state index contributed by atoms with van der Waals surface area (Å²) in [6.07, 6.45) is 0.687. The first-order valence-corrected chi connectivity index (χ1v) is 10.8. The van der Waals surface area contributed by atoms with Gasteiger partial charge in [-0.15, -0.1) is 0 Å². The Hall–Kier alpha value is -3.11. The molecular weight excluding hydrogens is 408 g/mol. The highest BCUT2D eigenvalue weighted by Crippen LogP contribution is 2.24. The molecule has 0 amide bonds. The molecule has 4 aromatic rings. The molecule has 1 heterocycles. The van der Waals surface area contributed by atoms with E-state index >= 15 is 0 Å². The van der Waals surface area contributed by atoms with Crippen molar-refractivity contribution in [2.24, 2.45) is 0 Å². The van der Waals surface area contributed by atoms with E-state index in [1.165, 1.54) is 11.1 Å². The zero-order valence-electron chi connectivity index (χ0n) is 18.0. The number of hydrogen-bond acceptors (Lipinski definition) is 3. The van der Waals surface area contributed by atoms with Crippen molar-refractivity contribution in [1.82, 2.24) is 9.55 Å². The molecule has 1 aromatic heterocycles. The van der Waals surface area contributed by atoms with E-state index in [2.05, 4.69) is 32.9 Å². The minimum atomic E-state index is -0.0434. The number of benzene rings is 3. The third-order valence-electron chi connectivity index (χ3n) is 5.51. The summed E-state index contributed by atoms with van der Waals surface area (Å²) in [5.41, 5.74) is 5.05. The van der Waals surface area contributed by atoms with Gasteiger partial charge in [0, 0.05) is 17.1 Å². The molecule has 0 aliphatic heterocycles. The minimum absolute atomic E-state index is 0.0434. The molecule has 0 atom stereocenters. The quantitative estimate of drug-likeness (QED) is 0.345. The van der Waals surface area contributed by atoms with E-state index in [0.29, 0.717) is 41.3 Å². The number of aryl methyl sites for hydroxylation is 2. The Bertz CT molecular complexity index is 1290. The van der Waals surface area contributed by atoms with Gasteiger partial charge in [0.2, 0.25) is 0 Å². The molecule has 4 rings (SSSR count). The lowest BCUT2D eigenvalue weighted by Crippen LogP contribution is -2.24. The van der Waals surface area contributed by atoms with Gasteiger partial charge in [-0.1, -0.05) is 29.8 Å². The van der Waals surface area contributed by atoms with Gasteiger partial charge in [-0.05, 0) is 86.3 Å². The highest BCUT2D eigenvalue weighted by atomic mass is 35.5. The van der Waals surface area contributed by atoms with Gasteiger partial charge in [-0.25, -0.2) is 4.98 Å². The van der Waals surface area contributed by atoms with Gasteiger partial charge in [0.25, 0.3) is 5.56 Å². The van der Waals surface area contributed by atoms with Crippen LogP contribution in [0.2, 0.25) is 5.02 Å². The maximum atomic E-state index is 13.3. The topological polar surface area (TPSA) is 44.1 Å². The molecule has 0 aliphatic rings. The molecule has 0 saturated heterocycles. The van der Waals surface area contributed by atoms with Crippen molar-refractivity contribution in [3.63, 3.8) is 0 Å². The molecule has 0 aliphatic carbocycles. The van der Waals surface area contributed by atoms with Crippen LogP contribution < -0.4 is 10.3 Å². The fraction of sp³-hybridized carbons (Fsp3) is 0.231. The van der Waals surface area contributed by atoms with Crippen LogP contribution in [0.4, 0.5) is 0 Å². The summed E-state index contributed by atoms with van der Waals surface area (Å²) >= 11 is 6.06. The molecule has 4 nitrogen and oxygen atoms in total. The van der Waals surface area contributed by atoms with Crippen molar-refractivity contribution in [3.8, 4) is 17.1 Å². The van der Waals surface area contributed by atoms with E-state index in [-0.39, 0.29) is 5.56 Å². The summed E-state index contributed by atoms with van der Waals surface area (Å²) in [6, 6.07) is 19.1. The summed E-state index contributed by atoms with van der Waals surface area (Å²) in [6.45, 7) is 7.26. The van der Waals surface area contributed by atoms with Gasteiger partial charge in [0.15, 0.2) is 0 Å². The second-order valence-corrected chi connectivity index (χ2v) is 8.26. The van der Waals surface area contributed by atoms with E-state index in [0.717, 1.165) is 16.9 Å². The van der Waals surface area contributed by atoms with Crippen molar-refractivity contribution < 1.29 is 4.74 Å². The molecule has 0 spiro atoms. The van der Waals surface area contributed by atoms with Crippen molar-refractivity contribution >= 4 is 22.5 Å². The Kier molecular flexibility index (Phi) is 6.10. The first-order valence-electron chi connectivity index (χ1n) is 10.4. The van der Waals surface area contributed by atoms with Crippen LogP contribution in [-0.4, -0.2) is 16.2 Å². The summed E-state index contributed by atoms with van der Waals surface area (Å²) in [5.74, 6) is 1.54.